The fourth-order valence-corrected chi connectivity index (χ4v) is 3.04. The van der Waals surface area contributed by atoms with E-state index in [2.05, 4.69) is 15.9 Å². The Kier molecular flexibility index (Phi) is 3.70. The molecule has 1 aliphatic rings. The summed E-state index contributed by atoms with van der Waals surface area (Å²) in [7, 11) is 0. The maximum absolute atomic E-state index is 13.9. The molecule has 0 N–H and O–H groups in total. The molecule has 3 rings (SSSR count). The third-order valence-corrected chi connectivity index (χ3v) is 4.28. The molecule has 0 bridgehead atoms. The maximum atomic E-state index is 13.9. The molecule has 0 unspecified atom stereocenters. The van der Waals surface area contributed by atoms with E-state index in [4.69, 9.17) is 0 Å². The van der Waals surface area contributed by atoms with E-state index in [0.29, 0.717) is 10.0 Å². The quantitative estimate of drug-likeness (QED) is 0.728. The lowest BCUT2D eigenvalue weighted by Gasteiger charge is -2.16. The maximum Gasteiger partial charge on any atom is 0.195 e. The summed E-state index contributed by atoms with van der Waals surface area (Å²) >= 11 is 3.20. The van der Waals surface area contributed by atoms with E-state index in [1.165, 1.54) is 29.7 Å². The Hall–Kier alpha value is -1.48. The zero-order valence-electron chi connectivity index (χ0n) is 11.0. The predicted molar refractivity (Wildman–Crippen MR) is 80.6 cm³/mol. The van der Waals surface area contributed by atoms with E-state index in [9.17, 15) is 9.18 Å². The van der Waals surface area contributed by atoms with Crippen LogP contribution in [0.15, 0.2) is 40.9 Å². The molecule has 20 heavy (non-hydrogen) atoms. The number of carbonyl (C=O) groups is 1. The standard InChI is InChI=1S/C17H14BrFO/c18-14-7-8-15(16(19)10-14)17(20)13-6-5-11-3-1-2-4-12(11)9-13/h5-10H,1-4H2. The van der Waals surface area contributed by atoms with Crippen LogP contribution in [0.2, 0.25) is 0 Å². The van der Waals surface area contributed by atoms with Crippen molar-refractivity contribution in [1.29, 1.82) is 0 Å². The molecule has 0 spiro atoms. The molecule has 0 amide bonds. The minimum Gasteiger partial charge on any atom is -0.288 e. The highest BCUT2D eigenvalue weighted by molar-refractivity contribution is 9.10. The Bertz CT molecular complexity index is 679. The van der Waals surface area contributed by atoms with Gasteiger partial charge in [-0.1, -0.05) is 28.1 Å². The van der Waals surface area contributed by atoms with Gasteiger partial charge in [0, 0.05) is 10.0 Å². The minimum absolute atomic E-state index is 0.129. The summed E-state index contributed by atoms with van der Waals surface area (Å²) in [5, 5.41) is 0. The lowest BCUT2D eigenvalue weighted by Crippen LogP contribution is -2.08. The third kappa shape index (κ3) is 2.55. The van der Waals surface area contributed by atoms with Gasteiger partial charge < -0.3 is 0 Å². The summed E-state index contributed by atoms with van der Waals surface area (Å²) in [6.07, 6.45) is 4.47. The van der Waals surface area contributed by atoms with Crippen molar-refractivity contribution in [1.82, 2.24) is 0 Å². The van der Waals surface area contributed by atoms with E-state index in [1.807, 2.05) is 18.2 Å². The third-order valence-electron chi connectivity index (χ3n) is 3.79. The summed E-state index contributed by atoms with van der Waals surface area (Å²) in [6, 6.07) is 10.3. The fraction of sp³-hybridized carbons (Fsp3) is 0.235. The number of aryl methyl sites for hydroxylation is 2. The van der Waals surface area contributed by atoms with E-state index in [1.54, 1.807) is 6.07 Å². The Morgan fingerprint density at radius 1 is 1.00 bits per heavy atom. The topological polar surface area (TPSA) is 17.1 Å². The Balaban J connectivity index is 1.98. The van der Waals surface area contributed by atoms with Gasteiger partial charge in [-0.25, -0.2) is 4.39 Å². The van der Waals surface area contributed by atoms with Gasteiger partial charge in [-0.05, 0) is 61.1 Å². The SMILES string of the molecule is O=C(c1ccc2c(c1)CCCC2)c1ccc(Br)cc1F. The second-order valence-electron chi connectivity index (χ2n) is 5.14. The Labute approximate surface area is 126 Å². The van der Waals surface area contributed by atoms with Crippen LogP contribution >= 0.6 is 15.9 Å². The number of rotatable bonds is 2. The van der Waals surface area contributed by atoms with Crippen molar-refractivity contribution in [3.8, 4) is 0 Å². The molecule has 2 aromatic carbocycles. The summed E-state index contributed by atoms with van der Waals surface area (Å²) in [5.74, 6) is -0.731. The number of halogens is 2. The molecule has 0 aromatic heterocycles. The van der Waals surface area contributed by atoms with Crippen LogP contribution in [0.5, 0.6) is 0 Å². The van der Waals surface area contributed by atoms with Gasteiger partial charge >= 0.3 is 0 Å². The molecule has 0 saturated carbocycles. The molecule has 0 atom stereocenters. The highest BCUT2D eigenvalue weighted by Crippen LogP contribution is 2.24. The van der Waals surface area contributed by atoms with Crippen molar-refractivity contribution in [3.63, 3.8) is 0 Å². The van der Waals surface area contributed by atoms with Crippen molar-refractivity contribution < 1.29 is 9.18 Å². The minimum atomic E-state index is -0.484. The zero-order chi connectivity index (χ0) is 14.1. The lowest BCUT2D eigenvalue weighted by molar-refractivity contribution is 0.103. The number of hydrogen-bond acceptors (Lipinski definition) is 1. The molecule has 0 aliphatic heterocycles. The number of benzene rings is 2. The van der Waals surface area contributed by atoms with Crippen LogP contribution in [0.25, 0.3) is 0 Å². The van der Waals surface area contributed by atoms with Crippen molar-refractivity contribution >= 4 is 21.7 Å². The molecule has 1 nitrogen and oxygen atoms in total. The van der Waals surface area contributed by atoms with Gasteiger partial charge in [0.05, 0.1) is 5.56 Å². The zero-order valence-corrected chi connectivity index (χ0v) is 12.5. The molecule has 1 aliphatic carbocycles. The summed E-state index contributed by atoms with van der Waals surface area (Å²) in [4.78, 5) is 12.4. The van der Waals surface area contributed by atoms with Gasteiger partial charge in [0.15, 0.2) is 5.78 Å². The van der Waals surface area contributed by atoms with Crippen LogP contribution in [0.4, 0.5) is 4.39 Å². The van der Waals surface area contributed by atoms with Crippen LogP contribution in [-0.2, 0) is 12.8 Å². The summed E-state index contributed by atoms with van der Waals surface area (Å²) in [5.41, 5.74) is 3.26. The van der Waals surface area contributed by atoms with E-state index in [0.717, 1.165) is 19.3 Å². The average Bonchev–Trinajstić information content (AvgIpc) is 2.46. The van der Waals surface area contributed by atoms with Crippen molar-refractivity contribution in [2.24, 2.45) is 0 Å². The first-order valence-corrected chi connectivity index (χ1v) is 7.56. The average molecular weight is 333 g/mol. The van der Waals surface area contributed by atoms with E-state index >= 15 is 0 Å². The van der Waals surface area contributed by atoms with E-state index < -0.39 is 5.82 Å². The van der Waals surface area contributed by atoms with E-state index in [-0.39, 0.29) is 11.3 Å². The van der Waals surface area contributed by atoms with Crippen molar-refractivity contribution in [3.05, 3.63) is 68.9 Å². The monoisotopic (exact) mass is 332 g/mol. The first kappa shape index (κ1) is 13.5. The molecule has 0 heterocycles. The fourth-order valence-electron chi connectivity index (χ4n) is 2.70. The van der Waals surface area contributed by atoms with Gasteiger partial charge in [-0.15, -0.1) is 0 Å². The van der Waals surface area contributed by atoms with Crippen LogP contribution in [0.3, 0.4) is 0 Å². The Morgan fingerprint density at radius 3 is 2.50 bits per heavy atom. The van der Waals surface area contributed by atoms with Crippen LogP contribution in [-0.4, -0.2) is 5.78 Å². The second kappa shape index (κ2) is 5.49. The number of ketones is 1. The van der Waals surface area contributed by atoms with Gasteiger partial charge in [-0.2, -0.15) is 0 Å². The molecule has 2 aromatic rings. The normalized spacial score (nSPS) is 13.9. The molecule has 0 radical (unpaired) electrons. The molecular weight excluding hydrogens is 319 g/mol. The number of carbonyl (C=O) groups excluding carboxylic acids is 1. The largest absolute Gasteiger partial charge is 0.288 e. The first-order chi connectivity index (χ1) is 9.65. The molecule has 0 saturated heterocycles. The van der Waals surface area contributed by atoms with Crippen LogP contribution in [0, 0.1) is 5.82 Å². The van der Waals surface area contributed by atoms with Gasteiger partial charge in [0.1, 0.15) is 5.82 Å². The first-order valence-electron chi connectivity index (χ1n) is 6.77. The highest BCUT2D eigenvalue weighted by atomic mass is 79.9. The summed E-state index contributed by atoms with van der Waals surface area (Å²) < 4.78 is 14.5. The molecular formula is C17H14BrFO. The van der Waals surface area contributed by atoms with Crippen molar-refractivity contribution in [2.45, 2.75) is 25.7 Å². The second-order valence-corrected chi connectivity index (χ2v) is 6.06. The van der Waals surface area contributed by atoms with Crippen LogP contribution < -0.4 is 0 Å². The molecule has 0 fully saturated rings. The smallest absolute Gasteiger partial charge is 0.195 e. The Morgan fingerprint density at radius 2 is 1.75 bits per heavy atom. The van der Waals surface area contributed by atoms with Gasteiger partial charge in [0.2, 0.25) is 0 Å². The van der Waals surface area contributed by atoms with Gasteiger partial charge in [0.25, 0.3) is 0 Å². The predicted octanol–water partition coefficient (Wildman–Crippen LogP) is 4.70. The summed E-state index contributed by atoms with van der Waals surface area (Å²) in [6.45, 7) is 0. The van der Waals surface area contributed by atoms with Gasteiger partial charge in [-0.3, -0.25) is 4.79 Å². The van der Waals surface area contributed by atoms with Crippen molar-refractivity contribution in [2.75, 3.05) is 0 Å². The van der Waals surface area contributed by atoms with Crippen LogP contribution in [0.1, 0.15) is 39.9 Å². The number of fused-ring (bicyclic) bond motifs is 1. The molecule has 102 valence electrons. The lowest BCUT2D eigenvalue weighted by atomic mass is 9.89. The molecule has 3 heteroatoms. The number of hydrogen-bond donors (Lipinski definition) is 0. The highest BCUT2D eigenvalue weighted by Gasteiger charge is 2.17.